The summed E-state index contributed by atoms with van der Waals surface area (Å²) < 4.78 is 1.92. The molecule has 0 bridgehead atoms. The highest BCUT2D eigenvalue weighted by Gasteiger charge is 2.07. The summed E-state index contributed by atoms with van der Waals surface area (Å²) in [4.78, 5) is 2.27. The van der Waals surface area contributed by atoms with E-state index in [1.165, 1.54) is 5.69 Å². The van der Waals surface area contributed by atoms with Crippen molar-refractivity contribution in [3.05, 3.63) is 18.0 Å². The molecule has 0 radical (unpaired) electrons. The van der Waals surface area contributed by atoms with Gasteiger partial charge in [0, 0.05) is 44.5 Å². The van der Waals surface area contributed by atoms with Gasteiger partial charge in [-0.05, 0) is 20.0 Å². The zero-order valence-electron chi connectivity index (χ0n) is 9.27. The zero-order chi connectivity index (χ0) is 10.6. The van der Waals surface area contributed by atoms with Gasteiger partial charge in [0.2, 0.25) is 0 Å². The Morgan fingerprint density at radius 2 is 2.36 bits per heavy atom. The van der Waals surface area contributed by atoms with Gasteiger partial charge in [0.1, 0.15) is 0 Å². The summed E-state index contributed by atoms with van der Waals surface area (Å²) in [5.41, 5.74) is 6.86. The van der Waals surface area contributed by atoms with E-state index < -0.39 is 0 Å². The van der Waals surface area contributed by atoms with E-state index in [2.05, 4.69) is 30.0 Å². The summed E-state index contributed by atoms with van der Waals surface area (Å²) in [5, 5.41) is 4.13. The summed E-state index contributed by atoms with van der Waals surface area (Å²) >= 11 is 0. The summed E-state index contributed by atoms with van der Waals surface area (Å²) in [6.45, 7) is 3.88. The van der Waals surface area contributed by atoms with Gasteiger partial charge in [-0.15, -0.1) is 0 Å². The molecule has 0 spiro atoms. The molecule has 1 rings (SSSR count). The molecule has 1 atom stereocenters. The monoisotopic (exact) mass is 196 g/mol. The van der Waals surface area contributed by atoms with Gasteiger partial charge < -0.3 is 10.6 Å². The SMILES string of the molecule is CC(CN)N(C)CCc1ccnn1C. The van der Waals surface area contributed by atoms with E-state index in [9.17, 15) is 0 Å². The maximum absolute atomic E-state index is 5.59. The maximum Gasteiger partial charge on any atom is 0.0492 e. The summed E-state index contributed by atoms with van der Waals surface area (Å²) in [5.74, 6) is 0. The normalized spacial score (nSPS) is 13.5. The predicted molar refractivity (Wildman–Crippen MR) is 58.1 cm³/mol. The van der Waals surface area contributed by atoms with Crippen LogP contribution in [0.1, 0.15) is 12.6 Å². The molecule has 0 amide bonds. The summed E-state index contributed by atoms with van der Waals surface area (Å²) in [7, 11) is 4.08. The molecule has 0 aliphatic carbocycles. The van der Waals surface area contributed by atoms with E-state index in [-0.39, 0.29) is 0 Å². The minimum Gasteiger partial charge on any atom is -0.329 e. The molecule has 2 N–H and O–H groups in total. The van der Waals surface area contributed by atoms with Crippen molar-refractivity contribution in [2.45, 2.75) is 19.4 Å². The van der Waals surface area contributed by atoms with Crippen LogP contribution in [0, 0.1) is 0 Å². The van der Waals surface area contributed by atoms with Crippen molar-refractivity contribution in [2.75, 3.05) is 20.1 Å². The number of nitrogens with two attached hydrogens (primary N) is 1. The van der Waals surface area contributed by atoms with Crippen LogP contribution in [-0.4, -0.2) is 40.9 Å². The van der Waals surface area contributed by atoms with E-state index in [0.29, 0.717) is 12.6 Å². The highest BCUT2D eigenvalue weighted by atomic mass is 15.3. The van der Waals surface area contributed by atoms with Crippen LogP contribution < -0.4 is 5.73 Å². The minimum absolute atomic E-state index is 0.447. The van der Waals surface area contributed by atoms with E-state index >= 15 is 0 Å². The Labute approximate surface area is 85.7 Å². The number of nitrogens with zero attached hydrogens (tertiary/aromatic N) is 3. The molecule has 0 saturated carbocycles. The number of rotatable bonds is 5. The molecule has 1 heterocycles. The molecule has 0 aliphatic rings. The number of likely N-dealkylation sites (N-methyl/N-ethyl adjacent to an activating group) is 1. The average molecular weight is 196 g/mol. The van der Waals surface area contributed by atoms with Crippen LogP contribution in [0.3, 0.4) is 0 Å². The number of aromatic nitrogens is 2. The van der Waals surface area contributed by atoms with Crippen molar-refractivity contribution in [3.63, 3.8) is 0 Å². The van der Waals surface area contributed by atoms with Gasteiger partial charge >= 0.3 is 0 Å². The molecule has 0 aliphatic heterocycles. The fraction of sp³-hybridized carbons (Fsp3) is 0.700. The Morgan fingerprint density at radius 3 is 2.86 bits per heavy atom. The lowest BCUT2D eigenvalue weighted by Gasteiger charge is -2.22. The second kappa shape index (κ2) is 5.12. The van der Waals surface area contributed by atoms with Gasteiger partial charge in [-0.1, -0.05) is 0 Å². The van der Waals surface area contributed by atoms with E-state index in [1.807, 2.05) is 17.9 Å². The molecular formula is C10H20N4. The zero-order valence-corrected chi connectivity index (χ0v) is 9.27. The third-order valence-electron chi connectivity index (χ3n) is 2.74. The first-order valence-corrected chi connectivity index (χ1v) is 5.02. The van der Waals surface area contributed by atoms with Crippen molar-refractivity contribution in [1.29, 1.82) is 0 Å². The summed E-state index contributed by atoms with van der Waals surface area (Å²) in [6.07, 6.45) is 2.86. The Bertz CT molecular complexity index is 269. The topological polar surface area (TPSA) is 47.1 Å². The van der Waals surface area contributed by atoms with Crippen LogP contribution in [0.4, 0.5) is 0 Å². The first-order valence-electron chi connectivity index (χ1n) is 5.02. The first-order chi connectivity index (χ1) is 6.65. The minimum atomic E-state index is 0.447. The van der Waals surface area contributed by atoms with Gasteiger partial charge in [0.15, 0.2) is 0 Å². The fourth-order valence-corrected chi connectivity index (χ4v) is 1.34. The molecule has 0 aromatic carbocycles. The van der Waals surface area contributed by atoms with Crippen molar-refractivity contribution >= 4 is 0 Å². The molecule has 4 nitrogen and oxygen atoms in total. The van der Waals surface area contributed by atoms with Gasteiger partial charge in [0.05, 0.1) is 0 Å². The van der Waals surface area contributed by atoms with Gasteiger partial charge in [-0.2, -0.15) is 5.10 Å². The molecule has 0 fully saturated rings. The van der Waals surface area contributed by atoms with Crippen molar-refractivity contribution < 1.29 is 0 Å². The van der Waals surface area contributed by atoms with Crippen LogP contribution >= 0.6 is 0 Å². The molecule has 1 unspecified atom stereocenters. The van der Waals surface area contributed by atoms with Gasteiger partial charge in [0.25, 0.3) is 0 Å². The van der Waals surface area contributed by atoms with Crippen LogP contribution in [0.15, 0.2) is 12.3 Å². The van der Waals surface area contributed by atoms with Gasteiger partial charge in [-0.25, -0.2) is 0 Å². The second-order valence-electron chi connectivity index (χ2n) is 3.76. The third kappa shape index (κ3) is 2.82. The molecule has 1 aromatic heterocycles. The molecule has 14 heavy (non-hydrogen) atoms. The number of aryl methyl sites for hydroxylation is 1. The number of hydrogen-bond acceptors (Lipinski definition) is 3. The smallest absolute Gasteiger partial charge is 0.0492 e. The average Bonchev–Trinajstić information content (AvgIpc) is 2.59. The van der Waals surface area contributed by atoms with E-state index in [4.69, 9.17) is 5.73 Å². The van der Waals surface area contributed by atoms with E-state index in [0.717, 1.165) is 13.0 Å². The number of hydrogen-bond donors (Lipinski definition) is 1. The molecule has 80 valence electrons. The Morgan fingerprint density at radius 1 is 1.64 bits per heavy atom. The van der Waals surface area contributed by atoms with Gasteiger partial charge in [-0.3, -0.25) is 4.68 Å². The largest absolute Gasteiger partial charge is 0.329 e. The van der Waals surface area contributed by atoms with Crippen molar-refractivity contribution in [2.24, 2.45) is 12.8 Å². The standard InChI is InChI=1S/C10H20N4/c1-9(8-11)13(2)7-5-10-4-6-12-14(10)3/h4,6,9H,5,7-8,11H2,1-3H3. The third-order valence-corrected chi connectivity index (χ3v) is 2.74. The lowest BCUT2D eigenvalue weighted by molar-refractivity contribution is 0.264. The van der Waals surface area contributed by atoms with Crippen LogP contribution in [0.25, 0.3) is 0 Å². The predicted octanol–water partition coefficient (Wildman–Crippen LogP) is 0.242. The summed E-state index contributed by atoms with van der Waals surface area (Å²) in [6, 6.07) is 2.50. The lowest BCUT2D eigenvalue weighted by Crippen LogP contribution is -2.36. The highest BCUT2D eigenvalue weighted by molar-refractivity contribution is 5.00. The van der Waals surface area contributed by atoms with Crippen molar-refractivity contribution in [3.8, 4) is 0 Å². The van der Waals surface area contributed by atoms with Crippen molar-refractivity contribution in [1.82, 2.24) is 14.7 Å². The Balaban J connectivity index is 2.37. The van der Waals surface area contributed by atoms with Crippen LogP contribution in [0.2, 0.25) is 0 Å². The molecule has 1 aromatic rings. The van der Waals surface area contributed by atoms with Crippen LogP contribution in [-0.2, 0) is 13.5 Å². The Kier molecular flexibility index (Phi) is 4.10. The van der Waals surface area contributed by atoms with E-state index in [1.54, 1.807) is 0 Å². The maximum atomic E-state index is 5.59. The lowest BCUT2D eigenvalue weighted by atomic mass is 10.2. The molecular weight excluding hydrogens is 176 g/mol. The quantitative estimate of drug-likeness (QED) is 0.734. The highest BCUT2D eigenvalue weighted by Crippen LogP contribution is 2.00. The second-order valence-corrected chi connectivity index (χ2v) is 3.76. The Hall–Kier alpha value is -0.870. The molecule has 4 heteroatoms. The molecule has 0 saturated heterocycles. The first kappa shape index (κ1) is 11.2. The van der Waals surface area contributed by atoms with Crippen LogP contribution in [0.5, 0.6) is 0 Å². The fourth-order valence-electron chi connectivity index (χ4n) is 1.34.